The lowest BCUT2D eigenvalue weighted by molar-refractivity contribution is -0.168. The molecule has 2 unspecified atom stereocenters. The number of carbonyl (C=O) groups excluding carboxylic acids is 1. The zero-order valence-electron chi connectivity index (χ0n) is 18.3. The maximum absolute atomic E-state index is 11.9. The van der Waals surface area contributed by atoms with Crippen molar-refractivity contribution in [2.75, 3.05) is 39.8 Å². The van der Waals surface area contributed by atoms with Crippen molar-refractivity contribution in [1.82, 2.24) is 20.9 Å². The topological polar surface area (TPSA) is 78.0 Å². The highest BCUT2D eigenvalue weighted by Crippen LogP contribution is 2.57. The first-order chi connectivity index (χ1) is 13.6. The molecule has 1 saturated heterocycles. The van der Waals surface area contributed by atoms with Crippen molar-refractivity contribution in [2.45, 2.75) is 77.0 Å². The molecule has 0 aromatic carbocycles. The van der Waals surface area contributed by atoms with Gasteiger partial charge in [-0.05, 0) is 45.4 Å². The van der Waals surface area contributed by atoms with Gasteiger partial charge in [0.1, 0.15) is 0 Å². The Morgan fingerprint density at radius 1 is 1.21 bits per heavy atom. The largest absolute Gasteiger partial charge is 0.378 e. The summed E-state index contributed by atoms with van der Waals surface area (Å²) in [7, 11) is 1.86. The second-order valence-corrected chi connectivity index (χ2v) is 8.58. The number of guanidine groups is 1. The highest BCUT2D eigenvalue weighted by molar-refractivity contribution is 14.0. The summed E-state index contributed by atoms with van der Waals surface area (Å²) in [4.78, 5) is 18.6. The summed E-state index contributed by atoms with van der Waals surface area (Å²) >= 11 is 0. The molecule has 1 heterocycles. The Morgan fingerprint density at radius 3 is 2.48 bits per heavy atom. The zero-order chi connectivity index (χ0) is 20.0. The predicted molar refractivity (Wildman–Crippen MR) is 128 cm³/mol. The smallest absolute Gasteiger partial charge is 0.234 e. The summed E-state index contributed by atoms with van der Waals surface area (Å²) in [5.41, 5.74) is 0.336. The molecule has 0 aromatic rings. The van der Waals surface area contributed by atoms with Gasteiger partial charge in [0.2, 0.25) is 5.91 Å². The van der Waals surface area contributed by atoms with E-state index in [1.54, 1.807) is 0 Å². The van der Waals surface area contributed by atoms with Gasteiger partial charge >= 0.3 is 0 Å². The van der Waals surface area contributed by atoms with Crippen LogP contribution in [0, 0.1) is 5.41 Å². The van der Waals surface area contributed by atoms with Crippen molar-refractivity contribution in [1.29, 1.82) is 0 Å². The van der Waals surface area contributed by atoms with E-state index in [0.717, 1.165) is 57.9 Å². The van der Waals surface area contributed by atoms with E-state index in [1.165, 1.54) is 19.3 Å². The van der Waals surface area contributed by atoms with Gasteiger partial charge in [0.15, 0.2) is 5.96 Å². The van der Waals surface area contributed by atoms with E-state index in [4.69, 9.17) is 4.74 Å². The summed E-state index contributed by atoms with van der Waals surface area (Å²) in [5, 5.41) is 10.3. The molecule has 3 N–H and O–H groups in total. The van der Waals surface area contributed by atoms with Crippen molar-refractivity contribution in [3.8, 4) is 0 Å². The van der Waals surface area contributed by atoms with Crippen LogP contribution < -0.4 is 16.0 Å². The predicted octanol–water partition coefficient (Wildman–Crippen LogP) is 2.11. The summed E-state index contributed by atoms with van der Waals surface area (Å²) in [6.45, 7) is 8.16. The van der Waals surface area contributed by atoms with Crippen LogP contribution in [0.25, 0.3) is 0 Å². The van der Waals surface area contributed by atoms with Gasteiger partial charge in [-0.1, -0.05) is 13.3 Å². The third kappa shape index (κ3) is 5.97. The van der Waals surface area contributed by atoms with Gasteiger partial charge in [-0.25, -0.2) is 0 Å². The number of halogens is 1. The normalized spacial score (nSPS) is 26.8. The summed E-state index contributed by atoms with van der Waals surface area (Å²) < 4.78 is 5.96. The van der Waals surface area contributed by atoms with Crippen molar-refractivity contribution < 1.29 is 9.53 Å². The van der Waals surface area contributed by atoms with Crippen LogP contribution in [-0.2, 0) is 9.53 Å². The van der Waals surface area contributed by atoms with Gasteiger partial charge < -0.3 is 20.7 Å². The van der Waals surface area contributed by atoms with Crippen molar-refractivity contribution in [3.05, 3.63) is 0 Å². The van der Waals surface area contributed by atoms with Crippen LogP contribution in [0.4, 0.5) is 0 Å². The van der Waals surface area contributed by atoms with Gasteiger partial charge in [0.25, 0.3) is 0 Å². The number of piperidine rings is 1. The van der Waals surface area contributed by atoms with Crippen LogP contribution in [0.2, 0.25) is 0 Å². The minimum atomic E-state index is 0. The van der Waals surface area contributed by atoms with Crippen LogP contribution in [0.5, 0.6) is 0 Å². The standard InChI is InChI=1S/C21H39N5O2.HI/c1-4-11-23-19(27)15-26-12-7-16(8-13-26)24-20(22-3)25-17-14-18(28-5-2)21(17)9-6-10-21;/h16-18H,4-15H2,1-3H3,(H,23,27)(H2,22,24,25);1H. The molecule has 7 nitrogen and oxygen atoms in total. The number of hydrogen-bond acceptors (Lipinski definition) is 4. The van der Waals surface area contributed by atoms with E-state index in [1.807, 2.05) is 7.05 Å². The van der Waals surface area contributed by atoms with Crippen molar-refractivity contribution in [3.63, 3.8) is 0 Å². The minimum Gasteiger partial charge on any atom is -0.378 e. The van der Waals surface area contributed by atoms with E-state index in [0.29, 0.717) is 30.1 Å². The number of nitrogens with one attached hydrogen (secondary N) is 3. The second-order valence-electron chi connectivity index (χ2n) is 8.58. The SMILES string of the molecule is CCCNC(=O)CN1CCC(NC(=NC)NC2CC(OCC)C23CCC3)CC1.I. The third-order valence-corrected chi connectivity index (χ3v) is 6.84. The number of carbonyl (C=O) groups is 1. The van der Waals surface area contributed by atoms with Crippen molar-refractivity contribution >= 4 is 35.8 Å². The van der Waals surface area contributed by atoms with E-state index < -0.39 is 0 Å². The van der Waals surface area contributed by atoms with Gasteiger partial charge in [-0.15, -0.1) is 24.0 Å². The molecular weight excluding hydrogens is 481 g/mol. The Labute approximate surface area is 193 Å². The number of amides is 1. The first kappa shape index (κ1) is 24.7. The maximum Gasteiger partial charge on any atom is 0.234 e. The van der Waals surface area contributed by atoms with E-state index in [9.17, 15) is 4.79 Å². The van der Waals surface area contributed by atoms with Crippen LogP contribution >= 0.6 is 24.0 Å². The molecule has 1 amide bonds. The molecule has 1 aliphatic heterocycles. The van der Waals surface area contributed by atoms with E-state index in [2.05, 4.69) is 39.7 Å². The molecule has 3 aliphatic rings. The van der Waals surface area contributed by atoms with Gasteiger partial charge in [0.05, 0.1) is 12.6 Å². The van der Waals surface area contributed by atoms with Crippen LogP contribution in [0.3, 0.4) is 0 Å². The number of rotatable bonds is 8. The molecule has 2 atom stereocenters. The lowest BCUT2D eigenvalue weighted by atomic mass is 9.51. The number of nitrogens with zero attached hydrogens (tertiary/aromatic N) is 2. The van der Waals surface area contributed by atoms with Crippen molar-refractivity contribution in [2.24, 2.45) is 10.4 Å². The minimum absolute atomic E-state index is 0. The number of ether oxygens (including phenoxy) is 1. The monoisotopic (exact) mass is 521 g/mol. The molecule has 1 spiro atoms. The molecular formula is C21H40IN5O2. The molecule has 2 aliphatic carbocycles. The Morgan fingerprint density at radius 2 is 1.93 bits per heavy atom. The first-order valence-corrected chi connectivity index (χ1v) is 11.2. The summed E-state index contributed by atoms with van der Waals surface area (Å²) in [5.74, 6) is 1.07. The first-order valence-electron chi connectivity index (χ1n) is 11.2. The van der Waals surface area contributed by atoms with Gasteiger partial charge in [0, 0.05) is 50.8 Å². The molecule has 3 rings (SSSR count). The fourth-order valence-electron chi connectivity index (χ4n) is 4.93. The highest BCUT2D eigenvalue weighted by atomic mass is 127. The van der Waals surface area contributed by atoms with Gasteiger partial charge in [-0.2, -0.15) is 0 Å². The average molecular weight is 521 g/mol. The second kappa shape index (κ2) is 11.7. The molecule has 3 fully saturated rings. The van der Waals surface area contributed by atoms with Crippen LogP contribution in [0.1, 0.15) is 58.8 Å². The summed E-state index contributed by atoms with van der Waals surface area (Å²) in [6.07, 6.45) is 8.42. The van der Waals surface area contributed by atoms with Gasteiger partial charge in [-0.3, -0.25) is 14.7 Å². The molecule has 0 radical (unpaired) electrons. The Hall–Kier alpha value is -0.610. The fraction of sp³-hybridized carbons (Fsp3) is 0.905. The average Bonchev–Trinajstić information content (AvgIpc) is 2.64. The Balaban J connectivity index is 0.00000300. The lowest BCUT2D eigenvalue weighted by Gasteiger charge is -2.61. The van der Waals surface area contributed by atoms with Crippen LogP contribution in [0.15, 0.2) is 4.99 Å². The number of aliphatic imine (C=N–C) groups is 1. The zero-order valence-corrected chi connectivity index (χ0v) is 20.7. The third-order valence-electron chi connectivity index (χ3n) is 6.84. The molecule has 8 heteroatoms. The van der Waals surface area contributed by atoms with E-state index >= 15 is 0 Å². The lowest BCUT2D eigenvalue weighted by Crippen LogP contribution is -2.69. The molecule has 2 saturated carbocycles. The maximum atomic E-state index is 11.9. The quantitative estimate of drug-likeness (QED) is 0.259. The van der Waals surface area contributed by atoms with Crippen LogP contribution in [-0.4, -0.2) is 74.8 Å². The molecule has 0 aromatic heterocycles. The Kier molecular flexibility index (Phi) is 9.94. The Bertz CT molecular complexity index is 547. The molecule has 0 bridgehead atoms. The molecule has 29 heavy (non-hydrogen) atoms. The highest BCUT2D eigenvalue weighted by Gasteiger charge is 2.59. The number of likely N-dealkylation sites (tertiary alicyclic amines) is 1. The fourth-order valence-corrected chi connectivity index (χ4v) is 4.93. The molecule has 168 valence electrons. The number of hydrogen-bond donors (Lipinski definition) is 3. The van der Waals surface area contributed by atoms with E-state index in [-0.39, 0.29) is 29.9 Å². The summed E-state index contributed by atoms with van der Waals surface area (Å²) in [6, 6.07) is 0.896.